The SMILES string of the molecule is CC(=O)Oc1ccc(Br)cc1C1=NN(C(C)=O)[C@@H](c2nc3nc(C)cc(C)n3n2)O1. The first-order valence-electron chi connectivity index (χ1n) is 8.97. The minimum absolute atomic E-state index is 0.104. The summed E-state index contributed by atoms with van der Waals surface area (Å²) >= 11 is 3.38. The predicted octanol–water partition coefficient (Wildman–Crippen LogP) is 2.67. The normalized spacial score (nSPS) is 15.8. The van der Waals surface area contributed by atoms with Crippen LogP contribution in [0.3, 0.4) is 0 Å². The van der Waals surface area contributed by atoms with Crippen LogP contribution in [0, 0.1) is 13.8 Å². The van der Waals surface area contributed by atoms with E-state index in [4.69, 9.17) is 9.47 Å². The molecular formula is C19H17BrN6O4. The Morgan fingerprint density at radius 3 is 2.63 bits per heavy atom. The minimum Gasteiger partial charge on any atom is -0.442 e. The van der Waals surface area contributed by atoms with Crippen LogP contribution in [0.25, 0.3) is 5.78 Å². The Morgan fingerprint density at radius 2 is 1.93 bits per heavy atom. The van der Waals surface area contributed by atoms with Gasteiger partial charge in [0, 0.05) is 29.7 Å². The molecule has 0 radical (unpaired) electrons. The van der Waals surface area contributed by atoms with E-state index in [9.17, 15) is 9.59 Å². The summed E-state index contributed by atoms with van der Waals surface area (Å²) in [6.07, 6.45) is -0.983. The fraction of sp³-hybridized carbons (Fsp3) is 0.263. The number of hydrogen-bond acceptors (Lipinski definition) is 8. The van der Waals surface area contributed by atoms with E-state index in [1.807, 2.05) is 19.9 Å². The number of nitrogens with zero attached hydrogens (tertiary/aromatic N) is 6. The van der Waals surface area contributed by atoms with Crippen LogP contribution in [0.4, 0.5) is 0 Å². The zero-order valence-electron chi connectivity index (χ0n) is 16.6. The lowest BCUT2D eigenvalue weighted by molar-refractivity contribution is -0.135. The summed E-state index contributed by atoms with van der Waals surface area (Å²) in [6, 6.07) is 6.89. The highest BCUT2D eigenvalue weighted by Crippen LogP contribution is 2.33. The molecule has 0 saturated heterocycles. The molecule has 0 saturated carbocycles. The second-order valence-electron chi connectivity index (χ2n) is 6.69. The maximum absolute atomic E-state index is 12.2. The number of aromatic nitrogens is 4. The highest BCUT2D eigenvalue weighted by Gasteiger charge is 2.37. The molecular weight excluding hydrogens is 456 g/mol. The van der Waals surface area contributed by atoms with Gasteiger partial charge in [0.05, 0.1) is 5.56 Å². The number of benzene rings is 1. The van der Waals surface area contributed by atoms with Crippen LogP contribution < -0.4 is 4.74 Å². The minimum atomic E-state index is -0.983. The predicted molar refractivity (Wildman–Crippen MR) is 109 cm³/mol. The van der Waals surface area contributed by atoms with Crippen molar-refractivity contribution in [1.29, 1.82) is 0 Å². The lowest BCUT2D eigenvalue weighted by Gasteiger charge is -2.15. The molecule has 3 heterocycles. The van der Waals surface area contributed by atoms with Gasteiger partial charge < -0.3 is 9.47 Å². The number of ether oxygens (including phenoxy) is 2. The van der Waals surface area contributed by atoms with E-state index in [0.717, 1.165) is 20.9 Å². The van der Waals surface area contributed by atoms with Crippen LogP contribution >= 0.6 is 15.9 Å². The first kappa shape index (κ1) is 20.0. The summed E-state index contributed by atoms with van der Waals surface area (Å²) in [6.45, 7) is 6.40. The molecule has 1 aliphatic heterocycles. The summed E-state index contributed by atoms with van der Waals surface area (Å²) in [5.74, 6) is 0.132. The molecule has 3 aromatic rings. The number of esters is 1. The number of rotatable bonds is 3. The van der Waals surface area contributed by atoms with Crippen LogP contribution in [0.15, 0.2) is 33.8 Å². The van der Waals surface area contributed by atoms with Crippen molar-refractivity contribution in [2.45, 2.75) is 33.9 Å². The van der Waals surface area contributed by atoms with E-state index in [1.54, 1.807) is 22.7 Å². The lowest BCUT2D eigenvalue weighted by Crippen LogP contribution is -2.26. The van der Waals surface area contributed by atoms with Gasteiger partial charge in [-0.2, -0.15) is 9.99 Å². The van der Waals surface area contributed by atoms with Gasteiger partial charge in [-0.1, -0.05) is 15.9 Å². The average molecular weight is 473 g/mol. The fourth-order valence-electron chi connectivity index (χ4n) is 3.04. The van der Waals surface area contributed by atoms with Crippen LogP contribution in [0.1, 0.15) is 42.9 Å². The zero-order valence-corrected chi connectivity index (χ0v) is 18.2. The second-order valence-corrected chi connectivity index (χ2v) is 7.61. The third-order valence-electron chi connectivity index (χ3n) is 4.25. The van der Waals surface area contributed by atoms with Gasteiger partial charge in [0.2, 0.25) is 17.6 Å². The molecule has 0 aliphatic carbocycles. The molecule has 1 aromatic carbocycles. The van der Waals surface area contributed by atoms with E-state index in [2.05, 4.69) is 36.1 Å². The molecule has 1 amide bonds. The molecule has 1 aliphatic rings. The number of amides is 1. The van der Waals surface area contributed by atoms with Crippen molar-refractivity contribution in [3.8, 4) is 5.75 Å². The van der Waals surface area contributed by atoms with Crippen molar-refractivity contribution in [3.05, 3.63) is 51.5 Å². The van der Waals surface area contributed by atoms with Crippen molar-refractivity contribution in [2.24, 2.45) is 5.10 Å². The molecule has 154 valence electrons. The first-order valence-corrected chi connectivity index (χ1v) is 9.76. The highest BCUT2D eigenvalue weighted by molar-refractivity contribution is 9.10. The van der Waals surface area contributed by atoms with Crippen LogP contribution in [0.2, 0.25) is 0 Å². The number of carbonyl (C=O) groups excluding carboxylic acids is 2. The van der Waals surface area contributed by atoms with E-state index in [0.29, 0.717) is 11.3 Å². The Balaban J connectivity index is 1.76. The molecule has 0 N–H and O–H groups in total. The van der Waals surface area contributed by atoms with E-state index < -0.39 is 12.2 Å². The monoisotopic (exact) mass is 472 g/mol. The maximum atomic E-state index is 12.2. The maximum Gasteiger partial charge on any atom is 0.308 e. The number of hydrazone groups is 1. The van der Waals surface area contributed by atoms with Gasteiger partial charge >= 0.3 is 5.97 Å². The van der Waals surface area contributed by atoms with Crippen LogP contribution in [-0.4, -0.2) is 42.4 Å². The lowest BCUT2D eigenvalue weighted by atomic mass is 10.2. The Labute approximate surface area is 179 Å². The van der Waals surface area contributed by atoms with Crippen molar-refractivity contribution in [2.75, 3.05) is 0 Å². The quantitative estimate of drug-likeness (QED) is 0.425. The fourth-order valence-corrected chi connectivity index (χ4v) is 3.41. The molecule has 11 heteroatoms. The van der Waals surface area contributed by atoms with E-state index >= 15 is 0 Å². The number of hydrogen-bond donors (Lipinski definition) is 0. The molecule has 0 bridgehead atoms. The topological polar surface area (TPSA) is 111 Å². The summed E-state index contributed by atoms with van der Waals surface area (Å²) in [4.78, 5) is 32.5. The molecule has 0 spiro atoms. The largest absolute Gasteiger partial charge is 0.442 e. The second kappa shape index (κ2) is 7.48. The van der Waals surface area contributed by atoms with Gasteiger partial charge in [-0.05, 0) is 38.1 Å². The van der Waals surface area contributed by atoms with Gasteiger partial charge in [-0.15, -0.1) is 10.2 Å². The number of halogens is 1. The van der Waals surface area contributed by atoms with Gasteiger partial charge in [-0.25, -0.2) is 9.50 Å². The first-order chi connectivity index (χ1) is 14.2. The molecule has 0 fully saturated rings. The van der Waals surface area contributed by atoms with Crippen LogP contribution in [-0.2, 0) is 14.3 Å². The molecule has 10 nitrogen and oxygen atoms in total. The van der Waals surface area contributed by atoms with Crippen molar-refractivity contribution >= 4 is 39.5 Å². The Morgan fingerprint density at radius 1 is 1.17 bits per heavy atom. The summed E-state index contributed by atoms with van der Waals surface area (Å²) < 4.78 is 13.5. The van der Waals surface area contributed by atoms with Crippen LogP contribution in [0.5, 0.6) is 5.75 Å². The summed E-state index contributed by atoms with van der Waals surface area (Å²) in [7, 11) is 0. The summed E-state index contributed by atoms with van der Waals surface area (Å²) in [5, 5.41) is 9.88. The Bertz CT molecular complexity index is 1220. The highest BCUT2D eigenvalue weighted by atomic mass is 79.9. The molecule has 2 aromatic heterocycles. The third-order valence-corrected chi connectivity index (χ3v) is 4.74. The molecule has 1 atom stereocenters. The smallest absolute Gasteiger partial charge is 0.308 e. The van der Waals surface area contributed by atoms with Gasteiger partial charge in [0.1, 0.15) is 5.75 Å². The van der Waals surface area contributed by atoms with Crippen molar-refractivity contribution in [1.82, 2.24) is 24.6 Å². The number of aryl methyl sites for hydroxylation is 2. The van der Waals surface area contributed by atoms with Gasteiger partial charge in [0.15, 0.2) is 0 Å². The zero-order chi connectivity index (χ0) is 21.6. The van der Waals surface area contributed by atoms with E-state index in [1.165, 1.54) is 13.8 Å². The number of carbonyl (C=O) groups is 2. The molecule has 0 unspecified atom stereocenters. The standard InChI is InChI=1S/C19H17BrN6O4/c1-9-7-10(2)25-19(21-9)22-16(23-25)18-26(11(3)27)24-17(30-18)14-8-13(20)5-6-15(14)29-12(4)28/h5-8,18H,1-4H3/t18-/m1/s1. The Kier molecular flexibility index (Phi) is 4.98. The van der Waals surface area contributed by atoms with Gasteiger partial charge in [-0.3, -0.25) is 9.59 Å². The molecule has 30 heavy (non-hydrogen) atoms. The van der Waals surface area contributed by atoms with Crippen molar-refractivity contribution < 1.29 is 19.1 Å². The number of fused-ring (bicyclic) bond motifs is 1. The third kappa shape index (κ3) is 3.63. The van der Waals surface area contributed by atoms with Crippen molar-refractivity contribution in [3.63, 3.8) is 0 Å². The van der Waals surface area contributed by atoms with E-state index in [-0.39, 0.29) is 23.4 Å². The molecule has 4 rings (SSSR count). The Hall–Kier alpha value is -3.34. The summed E-state index contributed by atoms with van der Waals surface area (Å²) in [5.41, 5.74) is 2.04. The van der Waals surface area contributed by atoms with Gasteiger partial charge in [0.25, 0.3) is 12.0 Å². The average Bonchev–Trinajstić information content (AvgIpc) is 3.27.